The highest BCUT2D eigenvalue weighted by molar-refractivity contribution is 6.12. The minimum atomic E-state index is -0.371. The Balaban J connectivity index is 1.64. The molecular formula is C30H23NO4. The van der Waals surface area contributed by atoms with Crippen LogP contribution in [0.2, 0.25) is 0 Å². The van der Waals surface area contributed by atoms with Gasteiger partial charge in [0.05, 0.1) is 17.9 Å². The van der Waals surface area contributed by atoms with Gasteiger partial charge in [-0.2, -0.15) is 0 Å². The van der Waals surface area contributed by atoms with Crippen molar-refractivity contribution in [3.05, 3.63) is 108 Å². The lowest BCUT2D eigenvalue weighted by Gasteiger charge is -2.06. The van der Waals surface area contributed by atoms with Gasteiger partial charge in [-0.1, -0.05) is 60.7 Å². The predicted octanol–water partition coefficient (Wildman–Crippen LogP) is 7.40. The first-order valence-electron chi connectivity index (χ1n) is 11.4. The Morgan fingerprint density at radius 3 is 2.20 bits per heavy atom. The number of carbonyl (C=O) groups excluding carboxylic acids is 1. The van der Waals surface area contributed by atoms with Crippen LogP contribution in [0.3, 0.4) is 0 Å². The van der Waals surface area contributed by atoms with Crippen molar-refractivity contribution in [3.63, 3.8) is 0 Å². The van der Waals surface area contributed by atoms with Gasteiger partial charge in [-0.05, 0) is 48.9 Å². The van der Waals surface area contributed by atoms with Crippen molar-refractivity contribution in [1.29, 1.82) is 0 Å². The van der Waals surface area contributed by atoms with Gasteiger partial charge in [0, 0.05) is 28.3 Å². The number of carbonyl (C=O) groups is 1. The molecule has 172 valence electrons. The van der Waals surface area contributed by atoms with Crippen LogP contribution in [0.25, 0.3) is 33.4 Å². The summed E-state index contributed by atoms with van der Waals surface area (Å²) in [6.45, 7) is 2.09. The normalized spacial score (nSPS) is 11.2. The van der Waals surface area contributed by atoms with Crippen LogP contribution in [0.15, 0.2) is 106 Å². The molecule has 5 rings (SSSR count). The molecule has 0 radical (unpaired) electrons. The number of phenolic OH excluding ortho intramolecular Hbond substituents is 1. The molecule has 0 saturated carbocycles. The fraction of sp³-hybridized carbons (Fsp3) is 0.0667. The van der Waals surface area contributed by atoms with Crippen LogP contribution in [0.5, 0.6) is 5.75 Å². The number of phenols is 1. The number of fused-ring (bicyclic) bond motifs is 1. The summed E-state index contributed by atoms with van der Waals surface area (Å²) >= 11 is 0. The third kappa shape index (κ3) is 4.44. The first kappa shape index (κ1) is 22.2. The predicted molar refractivity (Wildman–Crippen MR) is 138 cm³/mol. The fourth-order valence-corrected chi connectivity index (χ4v) is 4.05. The lowest BCUT2D eigenvalue weighted by molar-refractivity contribution is 0.0526. The van der Waals surface area contributed by atoms with Gasteiger partial charge in [0.25, 0.3) is 0 Å². The van der Waals surface area contributed by atoms with E-state index in [0.717, 1.165) is 27.8 Å². The number of rotatable bonds is 6. The molecule has 1 N–H and O–H groups in total. The number of aromatic hydroxyl groups is 1. The van der Waals surface area contributed by atoms with Crippen molar-refractivity contribution in [2.75, 3.05) is 6.61 Å². The van der Waals surface area contributed by atoms with E-state index in [-0.39, 0.29) is 11.7 Å². The molecule has 0 spiro atoms. The molecule has 4 aromatic carbocycles. The molecule has 5 aromatic rings. The summed E-state index contributed by atoms with van der Waals surface area (Å²) < 4.78 is 11.4. The lowest BCUT2D eigenvalue weighted by atomic mass is 9.96. The minimum absolute atomic E-state index is 0.0991. The van der Waals surface area contributed by atoms with Crippen LogP contribution in [0.1, 0.15) is 22.8 Å². The number of furan rings is 1. The van der Waals surface area contributed by atoms with E-state index in [4.69, 9.17) is 9.15 Å². The molecule has 0 unspecified atom stereocenters. The van der Waals surface area contributed by atoms with Crippen LogP contribution in [-0.2, 0) is 4.74 Å². The molecule has 0 aliphatic rings. The molecule has 1 heterocycles. The molecule has 0 saturated heterocycles. The van der Waals surface area contributed by atoms with E-state index in [9.17, 15) is 9.90 Å². The quantitative estimate of drug-likeness (QED) is 0.211. The van der Waals surface area contributed by atoms with Crippen LogP contribution in [-0.4, -0.2) is 23.9 Å². The zero-order chi connectivity index (χ0) is 24.2. The van der Waals surface area contributed by atoms with E-state index in [1.165, 1.54) is 0 Å². The maximum Gasteiger partial charge on any atom is 0.338 e. The highest BCUT2D eigenvalue weighted by atomic mass is 16.5. The van der Waals surface area contributed by atoms with Gasteiger partial charge in [-0.3, -0.25) is 4.99 Å². The SMILES string of the molecule is CCOC(=O)c1ccc(N=Cc2c(O)ccc3oc(-c4ccccc4)c(-c4ccccc4)c23)cc1. The molecule has 0 aliphatic carbocycles. The topological polar surface area (TPSA) is 72.0 Å². The molecule has 5 nitrogen and oxygen atoms in total. The average Bonchev–Trinajstić information content (AvgIpc) is 3.29. The summed E-state index contributed by atoms with van der Waals surface area (Å²) in [6.07, 6.45) is 1.63. The van der Waals surface area contributed by atoms with Gasteiger partial charge >= 0.3 is 5.97 Å². The zero-order valence-electron chi connectivity index (χ0n) is 19.1. The van der Waals surface area contributed by atoms with Crippen molar-refractivity contribution >= 4 is 28.8 Å². The number of aliphatic imine (C=N–C) groups is 1. The second-order valence-corrected chi connectivity index (χ2v) is 7.94. The standard InChI is InChI=1S/C30H23NO4/c1-2-34-30(33)22-13-15-23(16-14-22)31-19-24-25(32)17-18-26-28(24)27(20-9-5-3-6-10-20)29(35-26)21-11-7-4-8-12-21/h3-19,32H,2H2,1H3. The van der Waals surface area contributed by atoms with Crippen molar-refractivity contribution in [2.45, 2.75) is 6.92 Å². The van der Waals surface area contributed by atoms with Crippen molar-refractivity contribution in [1.82, 2.24) is 0 Å². The summed E-state index contributed by atoms with van der Waals surface area (Å²) in [7, 11) is 0. The first-order chi connectivity index (χ1) is 17.2. The Bertz CT molecular complexity index is 1500. The van der Waals surface area contributed by atoms with Gasteiger partial charge in [0.15, 0.2) is 0 Å². The first-order valence-corrected chi connectivity index (χ1v) is 11.4. The Morgan fingerprint density at radius 1 is 0.886 bits per heavy atom. The molecule has 0 amide bonds. The minimum Gasteiger partial charge on any atom is -0.507 e. The zero-order valence-corrected chi connectivity index (χ0v) is 19.1. The second kappa shape index (κ2) is 9.69. The number of nitrogens with zero attached hydrogens (tertiary/aromatic N) is 1. The van der Waals surface area contributed by atoms with Crippen LogP contribution >= 0.6 is 0 Å². The summed E-state index contributed by atoms with van der Waals surface area (Å²) in [6, 6.07) is 30.1. The maximum atomic E-state index is 11.9. The maximum absolute atomic E-state index is 11.9. The molecule has 0 aliphatic heterocycles. The Labute approximate surface area is 203 Å². The number of ether oxygens (including phenoxy) is 1. The van der Waals surface area contributed by atoms with Crippen LogP contribution in [0.4, 0.5) is 5.69 Å². The third-order valence-corrected chi connectivity index (χ3v) is 5.69. The number of hydrogen-bond acceptors (Lipinski definition) is 5. The van der Waals surface area contributed by atoms with E-state index in [1.807, 2.05) is 60.7 Å². The van der Waals surface area contributed by atoms with Crippen molar-refractivity contribution < 1.29 is 19.1 Å². The molecule has 35 heavy (non-hydrogen) atoms. The fourth-order valence-electron chi connectivity index (χ4n) is 4.05. The van der Waals surface area contributed by atoms with Gasteiger partial charge < -0.3 is 14.3 Å². The van der Waals surface area contributed by atoms with Crippen molar-refractivity contribution in [3.8, 4) is 28.2 Å². The van der Waals surface area contributed by atoms with Crippen LogP contribution < -0.4 is 0 Å². The highest BCUT2D eigenvalue weighted by Crippen LogP contribution is 2.43. The third-order valence-electron chi connectivity index (χ3n) is 5.69. The summed E-state index contributed by atoms with van der Waals surface area (Å²) in [5.41, 5.74) is 5.12. The van der Waals surface area contributed by atoms with Crippen LogP contribution in [0, 0.1) is 0 Å². The van der Waals surface area contributed by atoms with E-state index in [0.29, 0.717) is 29.0 Å². The molecule has 1 aromatic heterocycles. The van der Waals surface area contributed by atoms with Gasteiger partial charge in [-0.25, -0.2) is 4.79 Å². The van der Waals surface area contributed by atoms with E-state index in [2.05, 4.69) is 4.99 Å². The smallest absolute Gasteiger partial charge is 0.338 e. The van der Waals surface area contributed by atoms with E-state index in [1.54, 1.807) is 49.5 Å². The number of hydrogen-bond donors (Lipinski definition) is 1. The highest BCUT2D eigenvalue weighted by Gasteiger charge is 2.21. The number of benzene rings is 4. The summed E-state index contributed by atoms with van der Waals surface area (Å²) in [5, 5.41) is 11.6. The largest absolute Gasteiger partial charge is 0.507 e. The van der Waals surface area contributed by atoms with Gasteiger partial charge in [-0.15, -0.1) is 0 Å². The molecule has 0 bridgehead atoms. The molecule has 0 atom stereocenters. The monoisotopic (exact) mass is 461 g/mol. The Kier molecular flexibility index (Phi) is 6.14. The second-order valence-electron chi connectivity index (χ2n) is 7.94. The summed E-state index contributed by atoms with van der Waals surface area (Å²) in [4.78, 5) is 16.5. The van der Waals surface area contributed by atoms with E-state index >= 15 is 0 Å². The summed E-state index contributed by atoms with van der Waals surface area (Å²) in [5.74, 6) is 0.456. The lowest BCUT2D eigenvalue weighted by Crippen LogP contribution is -2.03. The van der Waals surface area contributed by atoms with Crippen molar-refractivity contribution in [2.24, 2.45) is 4.99 Å². The van der Waals surface area contributed by atoms with Gasteiger partial charge in [0.2, 0.25) is 0 Å². The molecule has 0 fully saturated rings. The average molecular weight is 462 g/mol. The molecular weight excluding hydrogens is 438 g/mol. The molecule has 5 heteroatoms. The Hall–Kier alpha value is -4.64. The van der Waals surface area contributed by atoms with E-state index < -0.39 is 0 Å². The Morgan fingerprint density at radius 2 is 1.54 bits per heavy atom. The van der Waals surface area contributed by atoms with Gasteiger partial charge in [0.1, 0.15) is 17.1 Å². The number of esters is 1.